The van der Waals surface area contributed by atoms with E-state index in [4.69, 9.17) is 0 Å². The number of carbonyl (C=O) groups excluding carboxylic acids is 2. The van der Waals surface area contributed by atoms with Crippen molar-refractivity contribution in [3.63, 3.8) is 0 Å². The highest BCUT2D eigenvalue weighted by Crippen LogP contribution is 2.20. The molecule has 2 N–H and O–H groups in total. The zero-order valence-electron chi connectivity index (χ0n) is 11.2. The van der Waals surface area contributed by atoms with Gasteiger partial charge in [-0.25, -0.2) is 0 Å². The van der Waals surface area contributed by atoms with E-state index < -0.39 is 6.10 Å². The van der Waals surface area contributed by atoms with Crippen LogP contribution in [0.3, 0.4) is 0 Å². The van der Waals surface area contributed by atoms with E-state index in [2.05, 4.69) is 5.32 Å². The Kier molecular flexibility index (Phi) is 5.47. The summed E-state index contributed by atoms with van der Waals surface area (Å²) in [7, 11) is 0. The topological polar surface area (TPSA) is 69.6 Å². The average Bonchev–Trinajstić information content (AvgIpc) is 2.59. The number of rotatable bonds is 5. The first kappa shape index (κ1) is 15.3. The molecule has 0 saturated carbocycles. The SMILES string of the molecule is CC(C)(C)CC(O)CNC(=O)CN1CSCC1=O. The van der Waals surface area contributed by atoms with Crippen molar-refractivity contribution in [2.45, 2.75) is 33.3 Å². The maximum absolute atomic E-state index is 11.6. The second kappa shape index (κ2) is 6.43. The fourth-order valence-electron chi connectivity index (χ4n) is 1.78. The molecule has 0 radical (unpaired) electrons. The Labute approximate surface area is 112 Å². The fourth-order valence-corrected chi connectivity index (χ4v) is 2.68. The minimum atomic E-state index is -0.544. The van der Waals surface area contributed by atoms with Crippen LogP contribution in [-0.4, -0.2) is 52.6 Å². The number of aliphatic hydroxyl groups is 1. The number of thioether (sulfide) groups is 1. The van der Waals surface area contributed by atoms with Crippen LogP contribution in [0.4, 0.5) is 0 Å². The van der Waals surface area contributed by atoms with Gasteiger partial charge >= 0.3 is 0 Å². The number of hydrogen-bond acceptors (Lipinski definition) is 4. The van der Waals surface area contributed by atoms with Crippen LogP contribution in [0.2, 0.25) is 0 Å². The molecule has 0 aromatic rings. The molecule has 2 amide bonds. The third kappa shape index (κ3) is 5.73. The van der Waals surface area contributed by atoms with Crippen LogP contribution < -0.4 is 5.32 Å². The largest absolute Gasteiger partial charge is 0.391 e. The third-order valence-electron chi connectivity index (χ3n) is 2.54. The van der Waals surface area contributed by atoms with Crippen molar-refractivity contribution in [1.82, 2.24) is 10.2 Å². The fraction of sp³-hybridized carbons (Fsp3) is 0.833. The molecule has 0 spiro atoms. The smallest absolute Gasteiger partial charge is 0.239 e. The van der Waals surface area contributed by atoms with E-state index in [0.29, 0.717) is 18.1 Å². The van der Waals surface area contributed by atoms with Crippen molar-refractivity contribution in [1.29, 1.82) is 0 Å². The van der Waals surface area contributed by atoms with Gasteiger partial charge in [0.15, 0.2) is 0 Å². The van der Waals surface area contributed by atoms with Crippen molar-refractivity contribution in [3.05, 3.63) is 0 Å². The zero-order valence-corrected chi connectivity index (χ0v) is 12.0. The first-order valence-electron chi connectivity index (χ1n) is 6.08. The molecule has 1 rings (SSSR count). The average molecular weight is 274 g/mol. The molecular formula is C12H22N2O3S. The minimum absolute atomic E-state index is 0.00499. The highest BCUT2D eigenvalue weighted by Gasteiger charge is 2.23. The molecule has 0 aromatic heterocycles. The lowest BCUT2D eigenvalue weighted by Gasteiger charge is -2.23. The molecule has 1 unspecified atom stereocenters. The summed E-state index contributed by atoms with van der Waals surface area (Å²) in [6.07, 6.45) is 0.0868. The van der Waals surface area contributed by atoms with Gasteiger partial charge in [-0.05, 0) is 11.8 Å². The molecule has 0 bridgehead atoms. The lowest BCUT2D eigenvalue weighted by Crippen LogP contribution is -2.41. The van der Waals surface area contributed by atoms with E-state index in [1.165, 1.54) is 16.7 Å². The summed E-state index contributed by atoms with van der Waals surface area (Å²) in [5, 5.41) is 12.4. The van der Waals surface area contributed by atoms with Gasteiger partial charge in [0.25, 0.3) is 0 Å². The maximum atomic E-state index is 11.6. The summed E-state index contributed by atoms with van der Waals surface area (Å²) < 4.78 is 0. The highest BCUT2D eigenvalue weighted by atomic mass is 32.2. The zero-order chi connectivity index (χ0) is 13.8. The van der Waals surface area contributed by atoms with Crippen molar-refractivity contribution in [3.8, 4) is 0 Å². The van der Waals surface area contributed by atoms with E-state index in [-0.39, 0.29) is 30.3 Å². The van der Waals surface area contributed by atoms with E-state index in [1.807, 2.05) is 20.8 Å². The Bertz CT molecular complexity index is 315. The number of amides is 2. The van der Waals surface area contributed by atoms with Gasteiger partial charge in [0, 0.05) is 6.54 Å². The van der Waals surface area contributed by atoms with Crippen LogP contribution in [0.5, 0.6) is 0 Å². The molecule has 1 atom stereocenters. The van der Waals surface area contributed by atoms with Crippen molar-refractivity contribution in [2.24, 2.45) is 5.41 Å². The Morgan fingerprint density at radius 2 is 2.22 bits per heavy atom. The minimum Gasteiger partial charge on any atom is -0.391 e. The summed E-state index contributed by atoms with van der Waals surface area (Å²) in [4.78, 5) is 24.4. The normalized spacial score (nSPS) is 18.0. The summed E-state index contributed by atoms with van der Waals surface area (Å²) in [5.74, 6) is 0.834. The van der Waals surface area contributed by atoms with E-state index in [9.17, 15) is 14.7 Å². The molecule has 1 heterocycles. The molecule has 1 saturated heterocycles. The van der Waals surface area contributed by atoms with Gasteiger partial charge in [-0.2, -0.15) is 0 Å². The second-order valence-corrected chi connectivity index (χ2v) is 6.75. The summed E-state index contributed by atoms with van der Waals surface area (Å²) in [5.41, 5.74) is 0.0334. The van der Waals surface area contributed by atoms with E-state index in [1.54, 1.807) is 0 Å². The van der Waals surface area contributed by atoms with Gasteiger partial charge in [0.1, 0.15) is 6.54 Å². The molecular weight excluding hydrogens is 252 g/mol. The number of aliphatic hydroxyl groups excluding tert-OH is 1. The first-order chi connectivity index (χ1) is 8.28. The molecule has 104 valence electrons. The molecule has 5 nitrogen and oxygen atoms in total. The van der Waals surface area contributed by atoms with Gasteiger partial charge in [-0.3, -0.25) is 9.59 Å². The first-order valence-corrected chi connectivity index (χ1v) is 7.24. The predicted octanol–water partition coefficient (Wildman–Crippen LogP) is 0.433. The number of carbonyl (C=O) groups is 2. The van der Waals surface area contributed by atoms with Crippen LogP contribution in [-0.2, 0) is 9.59 Å². The van der Waals surface area contributed by atoms with Crippen molar-refractivity contribution >= 4 is 23.6 Å². The molecule has 18 heavy (non-hydrogen) atoms. The molecule has 1 aliphatic heterocycles. The lowest BCUT2D eigenvalue weighted by atomic mass is 9.89. The van der Waals surface area contributed by atoms with Gasteiger partial charge in [-0.15, -0.1) is 11.8 Å². The van der Waals surface area contributed by atoms with Gasteiger partial charge in [0.05, 0.1) is 17.7 Å². The Balaban J connectivity index is 2.22. The van der Waals surface area contributed by atoms with Crippen LogP contribution in [0, 0.1) is 5.41 Å². The summed E-state index contributed by atoms with van der Waals surface area (Å²) in [6, 6.07) is 0. The molecule has 0 aromatic carbocycles. The van der Waals surface area contributed by atoms with E-state index >= 15 is 0 Å². The Hall–Kier alpha value is -0.750. The van der Waals surface area contributed by atoms with Crippen LogP contribution in [0.15, 0.2) is 0 Å². The third-order valence-corrected chi connectivity index (χ3v) is 3.49. The monoisotopic (exact) mass is 274 g/mol. The van der Waals surface area contributed by atoms with Crippen LogP contribution in [0.25, 0.3) is 0 Å². The standard InChI is InChI=1S/C12H22N2O3S/c1-12(2,3)4-9(15)5-13-10(16)6-14-8-18-7-11(14)17/h9,15H,4-8H2,1-3H3,(H,13,16). The Morgan fingerprint density at radius 3 is 2.72 bits per heavy atom. The molecule has 1 fully saturated rings. The van der Waals surface area contributed by atoms with Gasteiger partial charge in [-0.1, -0.05) is 20.8 Å². The number of nitrogens with one attached hydrogen (secondary N) is 1. The van der Waals surface area contributed by atoms with E-state index in [0.717, 1.165) is 0 Å². The molecule has 0 aliphatic carbocycles. The summed E-state index contributed by atoms with van der Waals surface area (Å²) in [6.45, 7) is 6.45. The second-order valence-electron chi connectivity index (χ2n) is 5.79. The molecule has 6 heteroatoms. The maximum Gasteiger partial charge on any atom is 0.239 e. The quantitative estimate of drug-likeness (QED) is 0.763. The Morgan fingerprint density at radius 1 is 1.56 bits per heavy atom. The van der Waals surface area contributed by atoms with Crippen molar-refractivity contribution in [2.75, 3.05) is 24.7 Å². The van der Waals surface area contributed by atoms with Gasteiger partial charge in [0.2, 0.25) is 11.8 Å². The number of nitrogens with zero attached hydrogens (tertiary/aromatic N) is 1. The van der Waals surface area contributed by atoms with Crippen LogP contribution >= 0.6 is 11.8 Å². The molecule has 1 aliphatic rings. The predicted molar refractivity (Wildman–Crippen MR) is 72.1 cm³/mol. The van der Waals surface area contributed by atoms with Crippen LogP contribution in [0.1, 0.15) is 27.2 Å². The number of hydrogen-bond donors (Lipinski definition) is 2. The summed E-state index contributed by atoms with van der Waals surface area (Å²) >= 11 is 1.51. The van der Waals surface area contributed by atoms with Gasteiger partial charge < -0.3 is 15.3 Å². The van der Waals surface area contributed by atoms with Crippen molar-refractivity contribution < 1.29 is 14.7 Å². The lowest BCUT2D eigenvalue weighted by molar-refractivity contribution is -0.132. The highest BCUT2D eigenvalue weighted by molar-refractivity contribution is 8.00.